The van der Waals surface area contributed by atoms with Gasteiger partial charge in [0.25, 0.3) is 6.43 Å². The average Bonchev–Trinajstić information content (AvgIpc) is 2.48. The smallest absolute Gasteiger partial charge is 0.251 e. The monoisotopic (exact) mass is 296 g/mol. The topological polar surface area (TPSA) is 15.3 Å². The largest absolute Gasteiger partial charge is 0.311 e. The molecule has 1 aromatic carbocycles. The summed E-state index contributed by atoms with van der Waals surface area (Å²) in [5.41, 5.74) is 1.21. The van der Waals surface area contributed by atoms with E-state index in [1.807, 2.05) is 23.1 Å². The quantitative estimate of drug-likeness (QED) is 0.867. The maximum atomic E-state index is 12.9. The van der Waals surface area contributed by atoms with Gasteiger partial charge in [-0.15, -0.1) is 0 Å². The molecule has 21 heavy (non-hydrogen) atoms. The van der Waals surface area contributed by atoms with E-state index in [-0.39, 0.29) is 12.6 Å². The van der Waals surface area contributed by atoms with Gasteiger partial charge in [-0.1, -0.05) is 50.6 Å². The number of rotatable bonds is 6. The predicted octanol–water partition coefficient (Wildman–Crippen LogP) is 3.18. The maximum absolute atomic E-state index is 12.9. The molecule has 1 aromatic rings. The fourth-order valence-electron chi connectivity index (χ4n) is 3.04. The second kappa shape index (κ2) is 7.85. The minimum Gasteiger partial charge on any atom is -0.311 e. The van der Waals surface area contributed by atoms with Crippen LogP contribution in [-0.2, 0) is 6.42 Å². The van der Waals surface area contributed by atoms with E-state index in [9.17, 15) is 8.78 Å². The molecule has 1 aliphatic heterocycles. The lowest BCUT2D eigenvalue weighted by molar-refractivity contribution is 0.0355. The standard InChI is InChI=1S/C17H26F2N2/c1-3-13(2)16-11-21(12-17(18)19)15(10-20-16)9-14-7-5-4-6-8-14/h4-8,13,15-17,20H,3,9-12H2,1-2H3. The van der Waals surface area contributed by atoms with E-state index in [4.69, 9.17) is 0 Å². The van der Waals surface area contributed by atoms with Crippen molar-refractivity contribution >= 4 is 0 Å². The molecule has 0 spiro atoms. The lowest BCUT2D eigenvalue weighted by Gasteiger charge is -2.42. The molecule has 4 heteroatoms. The van der Waals surface area contributed by atoms with Gasteiger partial charge in [-0.05, 0) is 17.9 Å². The first-order valence-corrected chi connectivity index (χ1v) is 7.89. The highest BCUT2D eigenvalue weighted by Crippen LogP contribution is 2.19. The van der Waals surface area contributed by atoms with Gasteiger partial charge < -0.3 is 5.32 Å². The van der Waals surface area contributed by atoms with Crippen LogP contribution in [0, 0.1) is 5.92 Å². The molecule has 3 atom stereocenters. The Morgan fingerprint density at radius 1 is 1.29 bits per heavy atom. The van der Waals surface area contributed by atoms with Crippen LogP contribution in [0.5, 0.6) is 0 Å². The lowest BCUT2D eigenvalue weighted by Crippen LogP contribution is -2.59. The van der Waals surface area contributed by atoms with Crippen molar-refractivity contribution in [1.82, 2.24) is 10.2 Å². The summed E-state index contributed by atoms with van der Waals surface area (Å²) in [6.07, 6.45) is -0.365. The van der Waals surface area contributed by atoms with Crippen LogP contribution in [0.4, 0.5) is 8.78 Å². The van der Waals surface area contributed by atoms with E-state index < -0.39 is 6.43 Å². The molecule has 1 heterocycles. The molecule has 1 saturated heterocycles. The average molecular weight is 296 g/mol. The van der Waals surface area contributed by atoms with E-state index in [1.165, 1.54) is 5.56 Å². The van der Waals surface area contributed by atoms with Gasteiger partial charge in [-0.25, -0.2) is 8.78 Å². The van der Waals surface area contributed by atoms with E-state index in [0.717, 1.165) is 25.9 Å². The first kappa shape index (κ1) is 16.4. The lowest BCUT2D eigenvalue weighted by atomic mass is 9.93. The normalized spacial score (nSPS) is 25.2. The third kappa shape index (κ3) is 4.75. The summed E-state index contributed by atoms with van der Waals surface area (Å²) >= 11 is 0. The first-order valence-electron chi connectivity index (χ1n) is 7.89. The fraction of sp³-hybridized carbons (Fsp3) is 0.647. The van der Waals surface area contributed by atoms with E-state index in [2.05, 4.69) is 31.3 Å². The van der Waals surface area contributed by atoms with Crippen molar-refractivity contribution in [2.75, 3.05) is 19.6 Å². The molecule has 2 nitrogen and oxygen atoms in total. The summed E-state index contributed by atoms with van der Waals surface area (Å²) in [5, 5.41) is 3.56. The molecule has 0 radical (unpaired) electrons. The molecule has 0 bridgehead atoms. The first-order chi connectivity index (χ1) is 10.1. The van der Waals surface area contributed by atoms with Crippen molar-refractivity contribution in [3.05, 3.63) is 35.9 Å². The molecular formula is C17H26F2N2. The summed E-state index contributed by atoms with van der Waals surface area (Å²) in [5.74, 6) is 0.517. The molecule has 0 saturated carbocycles. The minimum atomic E-state index is -2.26. The zero-order valence-corrected chi connectivity index (χ0v) is 12.9. The molecular weight excluding hydrogens is 270 g/mol. The number of hydrogen-bond donors (Lipinski definition) is 1. The van der Waals surface area contributed by atoms with Crippen LogP contribution in [0.2, 0.25) is 0 Å². The minimum absolute atomic E-state index is 0.119. The highest BCUT2D eigenvalue weighted by atomic mass is 19.3. The third-order valence-corrected chi connectivity index (χ3v) is 4.58. The summed E-state index contributed by atoms with van der Waals surface area (Å²) in [7, 11) is 0. The van der Waals surface area contributed by atoms with E-state index in [0.29, 0.717) is 12.0 Å². The van der Waals surface area contributed by atoms with Crippen molar-refractivity contribution in [3.8, 4) is 0 Å². The Morgan fingerprint density at radius 2 is 2.00 bits per heavy atom. The number of nitrogens with one attached hydrogen (secondary N) is 1. The molecule has 1 N–H and O–H groups in total. The van der Waals surface area contributed by atoms with Gasteiger partial charge in [0, 0.05) is 25.2 Å². The molecule has 0 aromatic heterocycles. The Hall–Kier alpha value is -1.00. The Bertz CT molecular complexity index is 411. The highest BCUT2D eigenvalue weighted by Gasteiger charge is 2.31. The molecule has 2 rings (SSSR count). The second-order valence-corrected chi connectivity index (χ2v) is 6.09. The predicted molar refractivity (Wildman–Crippen MR) is 82.8 cm³/mol. The zero-order valence-electron chi connectivity index (χ0n) is 12.9. The molecule has 3 unspecified atom stereocenters. The summed E-state index contributed by atoms with van der Waals surface area (Å²) in [4.78, 5) is 1.98. The summed E-state index contributed by atoms with van der Waals surface area (Å²) in [6.45, 7) is 5.73. The van der Waals surface area contributed by atoms with Gasteiger partial charge in [0.05, 0.1) is 6.54 Å². The van der Waals surface area contributed by atoms with Crippen LogP contribution in [0.15, 0.2) is 30.3 Å². The molecule has 0 aliphatic carbocycles. The fourth-order valence-corrected chi connectivity index (χ4v) is 3.04. The number of benzene rings is 1. The molecule has 1 fully saturated rings. The number of halogens is 2. The number of alkyl halides is 2. The summed E-state index contributed by atoms with van der Waals surface area (Å²) < 4.78 is 25.8. The molecule has 0 amide bonds. The van der Waals surface area contributed by atoms with Crippen LogP contribution >= 0.6 is 0 Å². The SMILES string of the molecule is CCC(C)C1CN(CC(F)F)C(Cc2ccccc2)CN1. The summed E-state index contributed by atoms with van der Waals surface area (Å²) in [6, 6.07) is 10.6. The third-order valence-electron chi connectivity index (χ3n) is 4.58. The van der Waals surface area contributed by atoms with Crippen molar-refractivity contribution in [1.29, 1.82) is 0 Å². The zero-order chi connectivity index (χ0) is 15.2. The van der Waals surface area contributed by atoms with Crippen molar-refractivity contribution < 1.29 is 8.78 Å². The van der Waals surface area contributed by atoms with Gasteiger partial charge in [-0.3, -0.25) is 4.90 Å². The number of nitrogens with zero attached hydrogens (tertiary/aromatic N) is 1. The van der Waals surface area contributed by atoms with Gasteiger partial charge >= 0.3 is 0 Å². The van der Waals surface area contributed by atoms with Crippen LogP contribution in [0.3, 0.4) is 0 Å². The van der Waals surface area contributed by atoms with E-state index in [1.54, 1.807) is 0 Å². The molecule has 118 valence electrons. The van der Waals surface area contributed by atoms with Crippen molar-refractivity contribution in [2.24, 2.45) is 5.92 Å². The van der Waals surface area contributed by atoms with E-state index >= 15 is 0 Å². The van der Waals surface area contributed by atoms with Crippen molar-refractivity contribution in [3.63, 3.8) is 0 Å². The van der Waals surface area contributed by atoms with Gasteiger partial charge in [0.15, 0.2) is 0 Å². The highest BCUT2D eigenvalue weighted by molar-refractivity contribution is 5.16. The van der Waals surface area contributed by atoms with Crippen LogP contribution < -0.4 is 5.32 Å². The van der Waals surface area contributed by atoms with Crippen LogP contribution in [0.1, 0.15) is 25.8 Å². The number of hydrogen-bond acceptors (Lipinski definition) is 2. The van der Waals surface area contributed by atoms with Gasteiger partial charge in [0.1, 0.15) is 0 Å². The van der Waals surface area contributed by atoms with Crippen molar-refractivity contribution in [2.45, 2.75) is 45.2 Å². The van der Waals surface area contributed by atoms with Gasteiger partial charge in [0.2, 0.25) is 0 Å². The van der Waals surface area contributed by atoms with Gasteiger partial charge in [-0.2, -0.15) is 0 Å². The Morgan fingerprint density at radius 3 is 2.62 bits per heavy atom. The Balaban J connectivity index is 2.02. The maximum Gasteiger partial charge on any atom is 0.251 e. The second-order valence-electron chi connectivity index (χ2n) is 6.09. The van der Waals surface area contributed by atoms with Crippen LogP contribution in [-0.4, -0.2) is 43.0 Å². The number of piperazine rings is 1. The van der Waals surface area contributed by atoms with Crippen LogP contribution in [0.25, 0.3) is 0 Å². The Labute approximate surface area is 126 Å². The Kier molecular flexibility index (Phi) is 6.12. The molecule has 1 aliphatic rings.